The molecule has 0 aliphatic heterocycles. The monoisotopic (exact) mass is 265 g/mol. The van der Waals surface area contributed by atoms with Crippen LogP contribution >= 0.6 is 0 Å². The first-order chi connectivity index (χ1) is 9.10. The maximum atomic E-state index is 12.6. The average Bonchev–Trinajstić information content (AvgIpc) is 2.99. The van der Waals surface area contributed by atoms with Gasteiger partial charge in [0.05, 0.1) is 11.8 Å². The first kappa shape index (κ1) is 14.1. The highest BCUT2D eigenvalue weighted by molar-refractivity contribution is 5.86. The van der Waals surface area contributed by atoms with Crippen LogP contribution in [-0.4, -0.2) is 35.0 Å². The van der Waals surface area contributed by atoms with Crippen molar-refractivity contribution < 1.29 is 14.7 Å². The molecule has 4 heteroatoms. The Balaban J connectivity index is 2.12. The molecule has 2 rings (SSSR count). The fraction of sp³-hybridized carbons (Fsp3) is 0.733. The summed E-state index contributed by atoms with van der Waals surface area (Å²) < 4.78 is 0. The second-order valence-electron chi connectivity index (χ2n) is 5.61. The topological polar surface area (TPSA) is 57.6 Å². The summed E-state index contributed by atoms with van der Waals surface area (Å²) in [5, 5.41) is 9.38. The number of rotatable bonds is 6. The predicted octanol–water partition coefficient (Wildman–Crippen LogP) is 2.16. The molecule has 1 fully saturated rings. The van der Waals surface area contributed by atoms with Crippen molar-refractivity contribution in [2.45, 2.75) is 33.1 Å². The minimum atomic E-state index is -0.818. The van der Waals surface area contributed by atoms with Gasteiger partial charge in [0.2, 0.25) is 5.91 Å². The van der Waals surface area contributed by atoms with Crippen LogP contribution < -0.4 is 0 Å². The Labute approximate surface area is 114 Å². The number of nitrogens with zero attached hydrogens (tertiary/aromatic N) is 1. The van der Waals surface area contributed by atoms with Crippen LogP contribution in [0.1, 0.15) is 33.1 Å². The van der Waals surface area contributed by atoms with Crippen LogP contribution in [0.25, 0.3) is 0 Å². The number of amides is 1. The van der Waals surface area contributed by atoms with E-state index in [2.05, 4.69) is 6.92 Å². The van der Waals surface area contributed by atoms with E-state index in [1.807, 2.05) is 24.0 Å². The van der Waals surface area contributed by atoms with Crippen LogP contribution in [0.3, 0.4) is 0 Å². The smallest absolute Gasteiger partial charge is 0.307 e. The average molecular weight is 265 g/mol. The molecule has 0 saturated heterocycles. The molecule has 2 aliphatic rings. The fourth-order valence-electron chi connectivity index (χ4n) is 3.48. The fourth-order valence-corrected chi connectivity index (χ4v) is 3.48. The third kappa shape index (κ3) is 2.53. The molecule has 0 aromatic rings. The van der Waals surface area contributed by atoms with Gasteiger partial charge in [-0.05, 0) is 31.6 Å². The number of allylic oxidation sites excluding steroid dienone is 2. The molecule has 1 N–H and O–H groups in total. The highest BCUT2D eigenvalue weighted by Gasteiger charge is 2.52. The molecule has 1 saturated carbocycles. The molecule has 4 unspecified atom stereocenters. The highest BCUT2D eigenvalue weighted by Crippen LogP contribution is 2.48. The number of carbonyl (C=O) groups excluding carboxylic acids is 1. The molecular formula is C15H23NO3. The summed E-state index contributed by atoms with van der Waals surface area (Å²) in [4.78, 5) is 25.9. The molecule has 2 bridgehead atoms. The molecule has 4 nitrogen and oxygen atoms in total. The summed E-state index contributed by atoms with van der Waals surface area (Å²) in [5.41, 5.74) is 0. The summed E-state index contributed by atoms with van der Waals surface area (Å²) in [7, 11) is 0. The lowest BCUT2D eigenvalue weighted by atomic mass is 9.82. The van der Waals surface area contributed by atoms with Crippen molar-refractivity contribution in [2.24, 2.45) is 23.7 Å². The molecule has 0 heterocycles. The van der Waals surface area contributed by atoms with Crippen LogP contribution in [0.4, 0.5) is 0 Å². The van der Waals surface area contributed by atoms with Crippen molar-refractivity contribution in [3.63, 3.8) is 0 Å². The lowest BCUT2D eigenvalue weighted by Crippen LogP contribution is -2.43. The van der Waals surface area contributed by atoms with E-state index < -0.39 is 11.9 Å². The van der Waals surface area contributed by atoms with Gasteiger partial charge in [-0.2, -0.15) is 0 Å². The minimum absolute atomic E-state index is 0.0419. The Hall–Kier alpha value is -1.32. The van der Waals surface area contributed by atoms with E-state index in [0.29, 0.717) is 6.54 Å². The third-order valence-electron chi connectivity index (χ3n) is 4.50. The van der Waals surface area contributed by atoms with Gasteiger partial charge in [-0.15, -0.1) is 0 Å². The van der Waals surface area contributed by atoms with Gasteiger partial charge in [0.25, 0.3) is 0 Å². The molecule has 0 spiro atoms. The van der Waals surface area contributed by atoms with E-state index in [9.17, 15) is 14.7 Å². The molecule has 106 valence electrons. The van der Waals surface area contributed by atoms with Gasteiger partial charge < -0.3 is 10.0 Å². The van der Waals surface area contributed by atoms with Gasteiger partial charge in [-0.1, -0.05) is 25.5 Å². The third-order valence-corrected chi connectivity index (χ3v) is 4.50. The Morgan fingerprint density at radius 3 is 2.37 bits per heavy atom. The molecule has 19 heavy (non-hydrogen) atoms. The number of carboxylic acids is 1. The summed E-state index contributed by atoms with van der Waals surface area (Å²) in [6.07, 6.45) is 6.88. The lowest BCUT2D eigenvalue weighted by molar-refractivity contribution is -0.151. The van der Waals surface area contributed by atoms with E-state index in [1.165, 1.54) is 0 Å². The zero-order valence-corrected chi connectivity index (χ0v) is 11.7. The van der Waals surface area contributed by atoms with E-state index in [1.54, 1.807) is 0 Å². The molecule has 0 aromatic heterocycles. The number of aliphatic carboxylic acids is 1. The maximum absolute atomic E-state index is 12.6. The van der Waals surface area contributed by atoms with E-state index in [4.69, 9.17) is 0 Å². The van der Waals surface area contributed by atoms with Crippen LogP contribution in [0.15, 0.2) is 12.2 Å². The first-order valence-corrected chi connectivity index (χ1v) is 7.30. The number of unbranched alkanes of at least 4 members (excludes halogenated alkanes) is 1. The van der Waals surface area contributed by atoms with Crippen molar-refractivity contribution in [2.75, 3.05) is 13.1 Å². The Kier molecular flexibility index (Phi) is 4.27. The zero-order valence-electron chi connectivity index (χ0n) is 11.7. The number of fused-ring (bicyclic) bond motifs is 2. The van der Waals surface area contributed by atoms with Crippen molar-refractivity contribution in [3.05, 3.63) is 12.2 Å². The van der Waals surface area contributed by atoms with E-state index in [-0.39, 0.29) is 23.7 Å². The normalized spacial score (nSPS) is 31.7. The zero-order chi connectivity index (χ0) is 14.0. The van der Waals surface area contributed by atoms with E-state index in [0.717, 1.165) is 25.8 Å². The predicted molar refractivity (Wildman–Crippen MR) is 72.5 cm³/mol. The van der Waals surface area contributed by atoms with Gasteiger partial charge in [0.1, 0.15) is 0 Å². The van der Waals surface area contributed by atoms with Crippen LogP contribution in [0.5, 0.6) is 0 Å². The van der Waals surface area contributed by atoms with Crippen LogP contribution in [0, 0.1) is 23.7 Å². The Morgan fingerprint density at radius 2 is 1.84 bits per heavy atom. The van der Waals surface area contributed by atoms with Crippen molar-refractivity contribution in [3.8, 4) is 0 Å². The lowest BCUT2D eigenvalue weighted by Gasteiger charge is -2.30. The van der Waals surface area contributed by atoms with Gasteiger partial charge in [-0.3, -0.25) is 9.59 Å². The largest absolute Gasteiger partial charge is 0.481 e. The van der Waals surface area contributed by atoms with Crippen molar-refractivity contribution in [1.29, 1.82) is 0 Å². The highest BCUT2D eigenvalue weighted by atomic mass is 16.4. The van der Waals surface area contributed by atoms with Gasteiger partial charge >= 0.3 is 5.97 Å². The molecule has 0 aromatic carbocycles. The SMILES string of the molecule is CCCCN(CC)C(=O)C1C2C=CC(C2)C1C(=O)O. The summed E-state index contributed by atoms with van der Waals surface area (Å²) in [6, 6.07) is 0. The minimum Gasteiger partial charge on any atom is -0.481 e. The Bertz CT molecular complexity index is 391. The number of carboxylic acid groups (broad SMARTS) is 1. The maximum Gasteiger partial charge on any atom is 0.307 e. The molecule has 2 aliphatic carbocycles. The number of hydrogen-bond acceptors (Lipinski definition) is 2. The Morgan fingerprint density at radius 1 is 1.21 bits per heavy atom. The summed E-state index contributed by atoms with van der Waals surface area (Å²) in [6.45, 7) is 5.48. The van der Waals surface area contributed by atoms with Crippen LogP contribution in [0.2, 0.25) is 0 Å². The van der Waals surface area contributed by atoms with Crippen LogP contribution in [-0.2, 0) is 9.59 Å². The van der Waals surface area contributed by atoms with Gasteiger partial charge in [0, 0.05) is 13.1 Å². The van der Waals surface area contributed by atoms with E-state index >= 15 is 0 Å². The molecule has 1 amide bonds. The quantitative estimate of drug-likeness (QED) is 0.749. The molecule has 0 radical (unpaired) electrons. The van der Waals surface area contributed by atoms with Gasteiger partial charge in [-0.25, -0.2) is 0 Å². The molecular weight excluding hydrogens is 242 g/mol. The second-order valence-corrected chi connectivity index (χ2v) is 5.61. The first-order valence-electron chi connectivity index (χ1n) is 7.30. The van der Waals surface area contributed by atoms with Gasteiger partial charge in [0.15, 0.2) is 0 Å². The standard InChI is InChI=1S/C15H23NO3/c1-3-5-8-16(4-2)14(17)12-10-6-7-11(9-10)13(12)15(18)19/h6-7,10-13H,3-5,8-9H2,1-2H3,(H,18,19). The number of hydrogen-bond donors (Lipinski definition) is 1. The summed E-state index contributed by atoms with van der Waals surface area (Å²) in [5.74, 6) is -1.44. The summed E-state index contributed by atoms with van der Waals surface area (Å²) >= 11 is 0. The second kappa shape index (κ2) is 5.76. The molecule has 4 atom stereocenters. The van der Waals surface area contributed by atoms with Crippen molar-refractivity contribution in [1.82, 2.24) is 4.90 Å². The number of carbonyl (C=O) groups is 2. The van der Waals surface area contributed by atoms with Crippen molar-refractivity contribution >= 4 is 11.9 Å².